The summed E-state index contributed by atoms with van der Waals surface area (Å²) in [6, 6.07) is 19.8. The van der Waals surface area contributed by atoms with Gasteiger partial charge in [0.2, 0.25) is 6.23 Å². The lowest BCUT2D eigenvalue weighted by Gasteiger charge is -2.38. The monoisotopic (exact) mass is 498 g/mol. The van der Waals surface area contributed by atoms with E-state index in [4.69, 9.17) is 30.9 Å². The number of rotatable bonds is 4. The van der Waals surface area contributed by atoms with Crippen LogP contribution in [0, 0.1) is 0 Å². The van der Waals surface area contributed by atoms with Crippen molar-refractivity contribution in [2.24, 2.45) is 5.10 Å². The van der Waals surface area contributed by atoms with Gasteiger partial charge in [-0.3, -0.25) is 0 Å². The summed E-state index contributed by atoms with van der Waals surface area (Å²) < 4.78 is 18.3. The third kappa shape index (κ3) is 3.64. The third-order valence-corrected chi connectivity index (χ3v) is 6.37. The number of methoxy groups -OCH3 is 2. The van der Waals surface area contributed by atoms with Gasteiger partial charge >= 0.3 is 0 Å². The molecule has 0 unspecified atom stereocenters. The van der Waals surface area contributed by atoms with Crippen molar-refractivity contribution in [3.8, 4) is 17.2 Å². The van der Waals surface area contributed by atoms with Crippen molar-refractivity contribution in [2.45, 2.75) is 18.7 Å². The molecule has 2 aliphatic heterocycles. The highest BCUT2D eigenvalue weighted by Crippen LogP contribution is 2.48. The molecule has 0 saturated carbocycles. The minimum Gasteiger partial charge on any atom is -0.493 e. The maximum Gasteiger partial charge on any atom is 0.213 e. The lowest BCUT2D eigenvalue weighted by Crippen LogP contribution is -2.33. The fraction of sp³-hybridized carbons (Fsp3) is 0.208. The highest BCUT2D eigenvalue weighted by atomic mass is 79.9. The number of hydrazone groups is 1. The normalized spacial score (nSPS) is 19.2. The maximum atomic E-state index is 6.40. The van der Waals surface area contributed by atoms with E-state index >= 15 is 0 Å². The Morgan fingerprint density at radius 3 is 2.52 bits per heavy atom. The fourth-order valence-electron chi connectivity index (χ4n) is 4.10. The lowest BCUT2D eigenvalue weighted by molar-refractivity contribution is -0.0190. The molecule has 2 heterocycles. The van der Waals surface area contributed by atoms with Crippen LogP contribution in [0.3, 0.4) is 0 Å². The second kappa shape index (κ2) is 8.09. The van der Waals surface area contributed by atoms with Crippen molar-refractivity contribution in [1.82, 2.24) is 5.01 Å². The molecule has 0 saturated heterocycles. The van der Waals surface area contributed by atoms with Gasteiger partial charge in [0.1, 0.15) is 5.75 Å². The van der Waals surface area contributed by atoms with Crippen LogP contribution in [0.2, 0.25) is 5.02 Å². The summed E-state index contributed by atoms with van der Waals surface area (Å²) in [5.41, 5.74) is 4.08. The molecule has 0 radical (unpaired) electrons. The smallest absolute Gasteiger partial charge is 0.213 e. The van der Waals surface area contributed by atoms with Gasteiger partial charge in [0, 0.05) is 32.6 Å². The summed E-state index contributed by atoms with van der Waals surface area (Å²) in [7, 11) is 3.27. The molecule has 5 rings (SSSR count). The molecular formula is C24H20BrClN2O3. The molecule has 0 aromatic heterocycles. The number of halogens is 2. The van der Waals surface area contributed by atoms with E-state index < -0.39 is 0 Å². The van der Waals surface area contributed by atoms with E-state index in [1.807, 2.05) is 59.6 Å². The molecule has 5 nitrogen and oxygen atoms in total. The Morgan fingerprint density at radius 1 is 1.00 bits per heavy atom. The van der Waals surface area contributed by atoms with E-state index in [1.165, 1.54) is 0 Å². The van der Waals surface area contributed by atoms with Crippen LogP contribution < -0.4 is 14.2 Å². The number of ether oxygens (including phenoxy) is 3. The molecule has 0 bridgehead atoms. The summed E-state index contributed by atoms with van der Waals surface area (Å²) in [5, 5.41) is 7.74. The number of benzene rings is 3. The van der Waals surface area contributed by atoms with Crippen LogP contribution in [-0.2, 0) is 0 Å². The predicted octanol–water partition coefficient (Wildman–Crippen LogP) is 6.36. The molecular weight excluding hydrogens is 480 g/mol. The molecule has 2 atom stereocenters. The average molecular weight is 500 g/mol. The summed E-state index contributed by atoms with van der Waals surface area (Å²) >= 11 is 9.70. The van der Waals surface area contributed by atoms with E-state index in [2.05, 4.69) is 22.0 Å². The Kier molecular flexibility index (Phi) is 5.28. The quantitative estimate of drug-likeness (QED) is 0.419. The Labute approximate surface area is 194 Å². The molecule has 31 heavy (non-hydrogen) atoms. The van der Waals surface area contributed by atoms with Crippen LogP contribution in [0.5, 0.6) is 17.2 Å². The topological polar surface area (TPSA) is 43.3 Å². The Balaban J connectivity index is 1.58. The molecule has 3 aromatic carbocycles. The van der Waals surface area contributed by atoms with Gasteiger partial charge in [-0.1, -0.05) is 39.7 Å². The van der Waals surface area contributed by atoms with Gasteiger partial charge in [-0.25, -0.2) is 5.01 Å². The van der Waals surface area contributed by atoms with Crippen LogP contribution >= 0.6 is 27.5 Å². The van der Waals surface area contributed by atoms with E-state index in [0.717, 1.165) is 39.0 Å². The first kappa shape index (κ1) is 20.2. The Morgan fingerprint density at radius 2 is 1.77 bits per heavy atom. The van der Waals surface area contributed by atoms with Gasteiger partial charge in [-0.2, -0.15) is 5.10 Å². The van der Waals surface area contributed by atoms with Gasteiger partial charge in [0.15, 0.2) is 11.5 Å². The summed E-state index contributed by atoms with van der Waals surface area (Å²) in [6.45, 7) is 0. The standard InChI is InChI=1S/C24H20BrClN2O3/c1-29-22-9-5-15(11-23(22)30-2)19-13-20-18-12-16(25)6-10-21(18)31-24(28(20)27-19)14-3-7-17(26)8-4-14/h3-12,20,24H,13H2,1-2H3/t20-,24-/m1/s1. The summed E-state index contributed by atoms with van der Waals surface area (Å²) in [6.07, 6.45) is 0.417. The zero-order chi connectivity index (χ0) is 21.5. The van der Waals surface area contributed by atoms with E-state index in [0.29, 0.717) is 16.5 Å². The second-order valence-corrected chi connectivity index (χ2v) is 8.77. The Hall–Kier alpha value is -2.70. The van der Waals surface area contributed by atoms with Crippen LogP contribution in [0.1, 0.15) is 35.4 Å². The van der Waals surface area contributed by atoms with Crippen molar-refractivity contribution >= 4 is 33.2 Å². The van der Waals surface area contributed by atoms with Gasteiger partial charge in [-0.05, 0) is 48.5 Å². The highest BCUT2D eigenvalue weighted by molar-refractivity contribution is 9.10. The second-order valence-electron chi connectivity index (χ2n) is 7.42. The minimum atomic E-state index is -0.339. The number of nitrogens with zero attached hydrogens (tertiary/aromatic N) is 2. The van der Waals surface area contributed by atoms with E-state index in [1.54, 1.807) is 14.2 Å². The maximum absolute atomic E-state index is 6.40. The number of fused-ring (bicyclic) bond motifs is 3. The molecule has 3 aromatic rings. The predicted molar refractivity (Wildman–Crippen MR) is 124 cm³/mol. The first-order chi connectivity index (χ1) is 15.1. The molecule has 0 aliphatic carbocycles. The van der Waals surface area contributed by atoms with Crippen LogP contribution in [0.25, 0.3) is 0 Å². The van der Waals surface area contributed by atoms with Gasteiger partial charge < -0.3 is 14.2 Å². The zero-order valence-electron chi connectivity index (χ0n) is 17.0. The first-order valence-electron chi connectivity index (χ1n) is 9.87. The van der Waals surface area contributed by atoms with Crippen LogP contribution in [-0.4, -0.2) is 24.9 Å². The molecule has 7 heteroatoms. The first-order valence-corrected chi connectivity index (χ1v) is 11.0. The van der Waals surface area contributed by atoms with Gasteiger partial charge in [-0.15, -0.1) is 0 Å². The molecule has 0 amide bonds. The molecule has 0 N–H and O–H groups in total. The van der Waals surface area contributed by atoms with Crippen LogP contribution in [0.15, 0.2) is 70.2 Å². The average Bonchev–Trinajstić information content (AvgIpc) is 3.24. The van der Waals surface area contributed by atoms with Crippen molar-refractivity contribution in [2.75, 3.05) is 14.2 Å². The molecule has 158 valence electrons. The SMILES string of the molecule is COc1ccc(C2=NN3[C@H](C2)c2cc(Br)ccc2O[C@@H]3c2ccc(Cl)cc2)cc1OC. The molecule has 2 aliphatic rings. The molecule has 0 fully saturated rings. The molecule has 0 spiro atoms. The van der Waals surface area contributed by atoms with E-state index in [9.17, 15) is 0 Å². The van der Waals surface area contributed by atoms with Gasteiger partial charge in [0.25, 0.3) is 0 Å². The van der Waals surface area contributed by atoms with Gasteiger partial charge in [0.05, 0.1) is 26.0 Å². The largest absolute Gasteiger partial charge is 0.493 e. The zero-order valence-corrected chi connectivity index (χ0v) is 19.4. The third-order valence-electron chi connectivity index (χ3n) is 5.62. The van der Waals surface area contributed by atoms with Crippen molar-refractivity contribution < 1.29 is 14.2 Å². The number of hydrogen-bond acceptors (Lipinski definition) is 5. The summed E-state index contributed by atoms with van der Waals surface area (Å²) in [4.78, 5) is 0. The van der Waals surface area contributed by atoms with Crippen molar-refractivity contribution in [3.63, 3.8) is 0 Å². The fourth-order valence-corrected chi connectivity index (χ4v) is 4.60. The van der Waals surface area contributed by atoms with E-state index in [-0.39, 0.29) is 12.3 Å². The van der Waals surface area contributed by atoms with Crippen LogP contribution in [0.4, 0.5) is 0 Å². The van der Waals surface area contributed by atoms with Crippen molar-refractivity contribution in [1.29, 1.82) is 0 Å². The minimum absolute atomic E-state index is 0.0602. The van der Waals surface area contributed by atoms with Crippen molar-refractivity contribution in [3.05, 3.63) is 86.8 Å². The highest BCUT2D eigenvalue weighted by Gasteiger charge is 2.41. The summed E-state index contributed by atoms with van der Waals surface area (Å²) in [5.74, 6) is 2.24. The Bertz CT molecular complexity index is 1170. The lowest BCUT2D eigenvalue weighted by atomic mass is 9.96. The number of hydrogen-bond donors (Lipinski definition) is 0.